The Kier molecular flexibility index (Phi) is 5.85. The zero-order valence-corrected chi connectivity index (χ0v) is 11.5. The molecule has 2 atom stereocenters. The van der Waals surface area contributed by atoms with E-state index in [4.69, 9.17) is 0 Å². The summed E-state index contributed by atoms with van der Waals surface area (Å²) in [4.78, 5) is 0. The molecular formula is C11H24N2O3S. The predicted octanol–water partition coefficient (Wildman–Crippen LogP) is 0.856. The van der Waals surface area contributed by atoms with E-state index < -0.39 is 16.3 Å². The van der Waals surface area contributed by atoms with Gasteiger partial charge < -0.3 is 5.11 Å². The average Bonchev–Trinajstić information content (AvgIpc) is 2.28. The molecule has 0 aliphatic carbocycles. The van der Waals surface area contributed by atoms with E-state index in [1.807, 2.05) is 13.8 Å². The molecule has 5 nitrogen and oxygen atoms in total. The second-order valence-corrected chi connectivity index (χ2v) is 6.41. The molecule has 2 N–H and O–H groups in total. The van der Waals surface area contributed by atoms with Gasteiger partial charge in [0, 0.05) is 19.1 Å². The van der Waals surface area contributed by atoms with Gasteiger partial charge in [-0.3, -0.25) is 0 Å². The highest BCUT2D eigenvalue weighted by atomic mass is 32.2. The van der Waals surface area contributed by atoms with Crippen LogP contribution >= 0.6 is 0 Å². The van der Waals surface area contributed by atoms with Crippen molar-refractivity contribution in [3.8, 4) is 0 Å². The number of piperidine rings is 1. The summed E-state index contributed by atoms with van der Waals surface area (Å²) >= 11 is 0. The maximum Gasteiger partial charge on any atom is 0.279 e. The summed E-state index contributed by atoms with van der Waals surface area (Å²) in [6.45, 7) is 4.73. The molecule has 1 aliphatic heterocycles. The maximum absolute atomic E-state index is 12.0. The van der Waals surface area contributed by atoms with Crippen molar-refractivity contribution < 1.29 is 13.5 Å². The minimum Gasteiger partial charge on any atom is -0.393 e. The number of aliphatic hydroxyl groups excluding tert-OH is 1. The van der Waals surface area contributed by atoms with Crippen LogP contribution in [0.1, 0.15) is 46.0 Å². The number of nitrogens with one attached hydrogen (secondary N) is 1. The number of rotatable bonds is 6. The summed E-state index contributed by atoms with van der Waals surface area (Å²) in [5, 5.41) is 9.37. The van der Waals surface area contributed by atoms with Crippen molar-refractivity contribution in [3.63, 3.8) is 0 Å². The van der Waals surface area contributed by atoms with E-state index in [0.29, 0.717) is 25.9 Å². The SMILES string of the molecule is CCC(O)CCNS(=O)(=O)N1CCCCC1C. The Bertz CT molecular complexity index is 319. The quantitative estimate of drug-likeness (QED) is 0.747. The molecule has 2 unspecified atom stereocenters. The van der Waals surface area contributed by atoms with Crippen LogP contribution in [0.4, 0.5) is 0 Å². The summed E-state index contributed by atoms with van der Waals surface area (Å²) in [5.74, 6) is 0. The number of aliphatic hydroxyl groups is 1. The van der Waals surface area contributed by atoms with Crippen LogP contribution in [0, 0.1) is 0 Å². The average molecular weight is 264 g/mol. The topological polar surface area (TPSA) is 69.6 Å². The van der Waals surface area contributed by atoms with Gasteiger partial charge in [0.2, 0.25) is 0 Å². The van der Waals surface area contributed by atoms with Gasteiger partial charge in [-0.15, -0.1) is 0 Å². The van der Waals surface area contributed by atoms with Crippen molar-refractivity contribution in [2.24, 2.45) is 0 Å². The Morgan fingerprint density at radius 3 is 2.76 bits per heavy atom. The first-order valence-corrected chi connectivity index (χ1v) is 7.86. The van der Waals surface area contributed by atoms with Crippen LogP contribution in [0.15, 0.2) is 0 Å². The summed E-state index contributed by atoms with van der Waals surface area (Å²) in [7, 11) is -3.36. The lowest BCUT2D eigenvalue weighted by Crippen LogP contribution is -2.48. The molecule has 1 fully saturated rings. The van der Waals surface area contributed by atoms with E-state index >= 15 is 0 Å². The lowest BCUT2D eigenvalue weighted by molar-refractivity contribution is 0.161. The number of nitrogens with zero attached hydrogens (tertiary/aromatic N) is 1. The minimum absolute atomic E-state index is 0.0809. The molecule has 0 amide bonds. The normalized spacial score (nSPS) is 24.8. The van der Waals surface area contributed by atoms with Crippen LogP contribution < -0.4 is 4.72 Å². The Morgan fingerprint density at radius 1 is 1.47 bits per heavy atom. The fraction of sp³-hybridized carbons (Fsp3) is 1.00. The molecule has 0 spiro atoms. The van der Waals surface area contributed by atoms with Crippen LogP contribution in [0.25, 0.3) is 0 Å². The fourth-order valence-corrected chi connectivity index (χ4v) is 3.56. The molecule has 102 valence electrons. The molecule has 0 radical (unpaired) electrons. The van der Waals surface area contributed by atoms with Crippen LogP contribution in [0.5, 0.6) is 0 Å². The monoisotopic (exact) mass is 264 g/mol. The molecule has 0 aromatic carbocycles. The van der Waals surface area contributed by atoms with Crippen LogP contribution in [-0.2, 0) is 10.2 Å². The first kappa shape index (κ1) is 14.9. The van der Waals surface area contributed by atoms with Gasteiger partial charge in [0.15, 0.2) is 0 Å². The highest BCUT2D eigenvalue weighted by Gasteiger charge is 2.28. The zero-order chi connectivity index (χ0) is 12.9. The van der Waals surface area contributed by atoms with Crippen molar-refractivity contribution in [3.05, 3.63) is 0 Å². The molecule has 1 aliphatic rings. The first-order chi connectivity index (χ1) is 7.97. The Morgan fingerprint density at radius 2 is 2.18 bits per heavy atom. The zero-order valence-electron chi connectivity index (χ0n) is 10.7. The van der Waals surface area contributed by atoms with Crippen molar-refractivity contribution in [2.75, 3.05) is 13.1 Å². The Balaban J connectivity index is 2.44. The Labute approximate surface area is 104 Å². The Hall–Kier alpha value is -0.170. The van der Waals surface area contributed by atoms with E-state index in [1.54, 1.807) is 0 Å². The van der Waals surface area contributed by atoms with Gasteiger partial charge >= 0.3 is 0 Å². The second-order valence-electron chi connectivity index (χ2n) is 4.71. The van der Waals surface area contributed by atoms with Gasteiger partial charge in [-0.25, -0.2) is 4.72 Å². The molecular weight excluding hydrogens is 240 g/mol. The van der Waals surface area contributed by atoms with Crippen LogP contribution in [0.2, 0.25) is 0 Å². The highest BCUT2D eigenvalue weighted by Crippen LogP contribution is 2.18. The van der Waals surface area contributed by atoms with Crippen molar-refractivity contribution in [1.82, 2.24) is 9.03 Å². The molecule has 0 aromatic rings. The molecule has 1 saturated heterocycles. The summed E-state index contributed by atoms with van der Waals surface area (Å²) in [6, 6.07) is 0.0809. The fourth-order valence-electron chi connectivity index (χ4n) is 2.07. The third-order valence-corrected chi connectivity index (χ3v) is 5.01. The summed E-state index contributed by atoms with van der Waals surface area (Å²) in [6.07, 6.45) is 3.67. The predicted molar refractivity (Wildman–Crippen MR) is 67.9 cm³/mol. The van der Waals surface area contributed by atoms with Gasteiger partial charge in [0.1, 0.15) is 0 Å². The number of hydrogen-bond donors (Lipinski definition) is 2. The molecule has 1 rings (SSSR count). The highest BCUT2D eigenvalue weighted by molar-refractivity contribution is 7.87. The van der Waals surface area contributed by atoms with E-state index in [9.17, 15) is 13.5 Å². The van der Waals surface area contributed by atoms with Crippen molar-refractivity contribution in [2.45, 2.75) is 58.1 Å². The van der Waals surface area contributed by atoms with Crippen LogP contribution in [0.3, 0.4) is 0 Å². The third kappa shape index (κ3) is 4.54. The molecule has 0 bridgehead atoms. The van der Waals surface area contributed by atoms with E-state index in [-0.39, 0.29) is 6.04 Å². The lowest BCUT2D eigenvalue weighted by Gasteiger charge is -2.32. The molecule has 0 aromatic heterocycles. The molecule has 6 heteroatoms. The van der Waals surface area contributed by atoms with Gasteiger partial charge in [0.05, 0.1) is 6.10 Å². The van der Waals surface area contributed by atoms with Gasteiger partial charge in [-0.2, -0.15) is 12.7 Å². The van der Waals surface area contributed by atoms with E-state index in [2.05, 4.69) is 4.72 Å². The summed E-state index contributed by atoms with van der Waals surface area (Å²) in [5.41, 5.74) is 0. The van der Waals surface area contributed by atoms with E-state index in [1.165, 1.54) is 4.31 Å². The number of hydrogen-bond acceptors (Lipinski definition) is 3. The van der Waals surface area contributed by atoms with Crippen LogP contribution in [-0.4, -0.2) is 43.1 Å². The lowest BCUT2D eigenvalue weighted by atomic mass is 10.1. The van der Waals surface area contributed by atoms with Crippen molar-refractivity contribution in [1.29, 1.82) is 0 Å². The second kappa shape index (κ2) is 6.68. The smallest absolute Gasteiger partial charge is 0.279 e. The molecule has 1 heterocycles. The van der Waals surface area contributed by atoms with Gasteiger partial charge in [-0.05, 0) is 32.6 Å². The van der Waals surface area contributed by atoms with Gasteiger partial charge in [-0.1, -0.05) is 13.3 Å². The van der Waals surface area contributed by atoms with E-state index in [0.717, 1.165) is 19.3 Å². The van der Waals surface area contributed by atoms with Gasteiger partial charge in [0.25, 0.3) is 10.2 Å². The largest absolute Gasteiger partial charge is 0.393 e. The molecule has 0 saturated carbocycles. The third-order valence-electron chi connectivity index (χ3n) is 3.28. The summed E-state index contributed by atoms with van der Waals surface area (Å²) < 4.78 is 28.1. The van der Waals surface area contributed by atoms with Crippen molar-refractivity contribution >= 4 is 10.2 Å². The maximum atomic E-state index is 12.0. The molecule has 17 heavy (non-hydrogen) atoms. The minimum atomic E-state index is -3.36. The standard InChI is InChI=1S/C11H24N2O3S/c1-3-11(14)7-8-12-17(15,16)13-9-5-4-6-10(13)2/h10-12,14H,3-9H2,1-2H3. The first-order valence-electron chi connectivity index (χ1n) is 6.42.